The van der Waals surface area contributed by atoms with Crippen LogP contribution in [0.4, 0.5) is 0 Å². The first-order valence-electron chi connectivity index (χ1n) is 8.28. The summed E-state index contributed by atoms with van der Waals surface area (Å²) in [5.41, 5.74) is 3.03. The average Bonchev–Trinajstić information content (AvgIpc) is 3.04. The zero-order valence-electron chi connectivity index (χ0n) is 14.6. The minimum absolute atomic E-state index is 0.148. The molecule has 0 aliphatic carbocycles. The number of fused-ring (bicyclic) bond motifs is 1. The SMILES string of the molecule is Cc1ccc(Oc2nc3nc(-c4ccc(O)cc4)c(Cl)cc3[nH]2)cc1C(=O)O. The van der Waals surface area contributed by atoms with Gasteiger partial charge in [0.15, 0.2) is 5.65 Å². The molecule has 3 N–H and O–H groups in total. The highest BCUT2D eigenvalue weighted by molar-refractivity contribution is 6.33. The number of nitrogens with zero attached hydrogens (tertiary/aromatic N) is 2. The Morgan fingerprint density at radius 1 is 1.11 bits per heavy atom. The van der Waals surface area contributed by atoms with Crippen LogP contribution < -0.4 is 4.74 Å². The number of aromatic nitrogens is 3. The van der Waals surface area contributed by atoms with Crippen LogP contribution in [0.25, 0.3) is 22.4 Å². The number of nitrogens with one attached hydrogen (secondary N) is 1. The Hall–Kier alpha value is -3.58. The van der Waals surface area contributed by atoms with Crippen LogP contribution in [0, 0.1) is 6.92 Å². The molecular formula is C20H14ClN3O4. The summed E-state index contributed by atoms with van der Waals surface area (Å²) >= 11 is 6.34. The van der Waals surface area contributed by atoms with Crippen molar-refractivity contribution in [3.8, 4) is 28.8 Å². The zero-order chi connectivity index (χ0) is 19.8. The fraction of sp³-hybridized carbons (Fsp3) is 0.0500. The number of hydrogen-bond donors (Lipinski definition) is 3. The maximum absolute atomic E-state index is 11.3. The van der Waals surface area contributed by atoms with Crippen LogP contribution >= 0.6 is 11.6 Å². The quantitative estimate of drug-likeness (QED) is 0.458. The van der Waals surface area contributed by atoms with E-state index in [-0.39, 0.29) is 17.3 Å². The van der Waals surface area contributed by atoms with Crippen LogP contribution in [-0.2, 0) is 0 Å². The van der Waals surface area contributed by atoms with Gasteiger partial charge in [0, 0.05) is 5.56 Å². The third-order valence-corrected chi connectivity index (χ3v) is 4.49. The van der Waals surface area contributed by atoms with Crippen LogP contribution in [0.3, 0.4) is 0 Å². The molecule has 7 nitrogen and oxygen atoms in total. The summed E-state index contributed by atoms with van der Waals surface area (Å²) in [4.78, 5) is 23.0. The Morgan fingerprint density at radius 3 is 2.57 bits per heavy atom. The van der Waals surface area contributed by atoms with Gasteiger partial charge in [0.2, 0.25) is 0 Å². The first-order valence-corrected chi connectivity index (χ1v) is 8.66. The molecule has 0 saturated carbocycles. The summed E-state index contributed by atoms with van der Waals surface area (Å²) in [6.45, 7) is 1.71. The molecule has 2 heterocycles. The van der Waals surface area contributed by atoms with Gasteiger partial charge in [-0.05, 0) is 55.0 Å². The summed E-state index contributed by atoms with van der Waals surface area (Å²) in [6.07, 6.45) is 0. The van der Waals surface area contributed by atoms with Crippen LogP contribution in [0.1, 0.15) is 15.9 Å². The maximum atomic E-state index is 11.3. The van der Waals surface area contributed by atoms with E-state index in [4.69, 9.17) is 16.3 Å². The lowest BCUT2D eigenvalue weighted by Gasteiger charge is -2.05. The fourth-order valence-corrected chi connectivity index (χ4v) is 3.03. The van der Waals surface area contributed by atoms with Crippen molar-refractivity contribution in [3.05, 3.63) is 64.7 Å². The van der Waals surface area contributed by atoms with Gasteiger partial charge in [0.1, 0.15) is 11.5 Å². The molecule has 0 fully saturated rings. The van der Waals surface area contributed by atoms with Crippen molar-refractivity contribution < 1.29 is 19.7 Å². The van der Waals surface area contributed by atoms with E-state index in [1.165, 1.54) is 6.07 Å². The average molecular weight is 396 g/mol. The van der Waals surface area contributed by atoms with Crippen molar-refractivity contribution in [3.63, 3.8) is 0 Å². The Labute approximate surface area is 164 Å². The number of carboxylic acid groups (broad SMARTS) is 1. The number of aromatic carboxylic acids is 1. The molecule has 2 aromatic heterocycles. The molecule has 2 aromatic carbocycles. The number of ether oxygens (including phenoxy) is 1. The summed E-state index contributed by atoms with van der Waals surface area (Å²) in [6, 6.07) is 13.1. The number of imidazole rings is 1. The first-order chi connectivity index (χ1) is 13.4. The molecule has 140 valence electrons. The number of aromatic amines is 1. The summed E-state index contributed by atoms with van der Waals surface area (Å²) in [5.74, 6) is -0.540. The van der Waals surface area contributed by atoms with E-state index >= 15 is 0 Å². The fourth-order valence-electron chi connectivity index (χ4n) is 2.77. The highest BCUT2D eigenvalue weighted by Gasteiger charge is 2.14. The van der Waals surface area contributed by atoms with Crippen molar-refractivity contribution >= 4 is 28.7 Å². The topological polar surface area (TPSA) is 108 Å². The molecule has 8 heteroatoms. The molecule has 0 amide bonds. The molecule has 0 spiro atoms. The smallest absolute Gasteiger partial charge is 0.336 e. The second-order valence-electron chi connectivity index (χ2n) is 6.16. The van der Waals surface area contributed by atoms with E-state index in [0.717, 1.165) is 5.56 Å². The van der Waals surface area contributed by atoms with Crippen LogP contribution in [-0.4, -0.2) is 31.1 Å². The van der Waals surface area contributed by atoms with E-state index in [0.29, 0.717) is 33.2 Å². The van der Waals surface area contributed by atoms with E-state index in [9.17, 15) is 15.0 Å². The van der Waals surface area contributed by atoms with Gasteiger partial charge in [-0.15, -0.1) is 0 Å². The number of phenolic OH excluding ortho intramolecular Hbond substituents is 1. The molecule has 28 heavy (non-hydrogen) atoms. The predicted molar refractivity (Wildman–Crippen MR) is 104 cm³/mol. The lowest BCUT2D eigenvalue weighted by Crippen LogP contribution is -2.00. The van der Waals surface area contributed by atoms with Gasteiger partial charge in [0.05, 0.1) is 21.8 Å². The Bertz CT molecular complexity index is 1200. The number of phenols is 1. The van der Waals surface area contributed by atoms with Gasteiger partial charge in [-0.2, -0.15) is 4.98 Å². The first kappa shape index (κ1) is 17.8. The van der Waals surface area contributed by atoms with Gasteiger partial charge in [-0.3, -0.25) is 0 Å². The van der Waals surface area contributed by atoms with Gasteiger partial charge in [0.25, 0.3) is 0 Å². The minimum atomic E-state index is -1.03. The third kappa shape index (κ3) is 3.35. The van der Waals surface area contributed by atoms with Gasteiger partial charge < -0.3 is 19.9 Å². The lowest BCUT2D eigenvalue weighted by molar-refractivity contribution is 0.0695. The molecule has 0 radical (unpaired) electrons. The summed E-state index contributed by atoms with van der Waals surface area (Å²) in [7, 11) is 0. The number of hydrogen-bond acceptors (Lipinski definition) is 5. The highest BCUT2D eigenvalue weighted by Crippen LogP contribution is 2.31. The Morgan fingerprint density at radius 2 is 1.86 bits per heavy atom. The summed E-state index contributed by atoms with van der Waals surface area (Å²) in [5, 5.41) is 19.1. The number of carbonyl (C=O) groups is 1. The van der Waals surface area contributed by atoms with Gasteiger partial charge in [-0.1, -0.05) is 17.7 Å². The van der Waals surface area contributed by atoms with E-state index < -0.39 is 5.97 Å². The Balaban J connectivity index is 1.69. The number of aryl methyl sites for hydroxylation is 1. The molecule has 4 aromatic rings. The molecule has 0 bridgehead atoms. The van der Waals surface area contributed by atoms with Gasteiger partial charge in [-0.25, -0.2) is 9.78 Å². The molecule has 0 unspecified atom stereocenters. The number of benzene rings is 2. The van der Waals surface area contributed by atoms with E-state index in [2.05, 4.69) is 15.0 Å². The van der Waals surface area contributed by atoms with Gasteiger partial charge >= 0.3 is 12.0 Å². The standard InChI is InChI=1S/C20H14ClN3O4/c1-10-2-7-13(8-14(10)19(26)27)28-20-22-16-9-15(21)17(23-18(16)24-20)11-3-5-12(25)6-4-11/h2-9,25H,1H3,(H,26,27)(H,22,23,24). The van der Waals surface area contributed by atoms with E-state index in [1.54, 1.807) is 49.4 Å². The van der Waals surface area contributed by atoms with Crippen molar-refractivity contribution in [2.24, 2.45) is 0 Å². The molecule has 0 atom stereocenters. The highest BCUT2D eigenvalue weighted by atomic mass is 35.5. The van der Waals surface area contributed by atoms with Crippen LogP contribution in [0.5, 0.6) is 17.5 Å². The molecule has 0 aliphatic rings. The monoisotopic (exact) mass is 395 g/mol. The lowest BCUT2D eigenvalue weighted by atomic mass is 10.1. The van der Waals surface area contributed by atoms with E-state index in [1.807, 2.05) is 0 Å². The zero-order valence-corrected chi connectivity index (χ0v) is 15.4. The summed E-state index contributed by atoms with van der Waals surface area (Å²) < 4.78 is 5.66. The second-order valence-corrected chi connectivity index (χ2v) is 6.57. The van der Waals surface area contributed by atoms with Crippen molar-refractivity contribution in [2.75, 3.05) is 0 Å². The number of H-pyrrole nitrogens is 1. The number of pyridine rings is 1. The molecule has 0 saturated heterocycles. The predicted octanol–water partition coefficient (Wildman–Crippen LogP) is 4.78. The van der Waals surface area contributed by atoms with Crippen molar-refractivity contribution in [1.29, 1.82) is 0 Å². The largest absolute Gasteiger partial charge is 0.508 e. The van der Waals surface area contributed by atoms with Crippen molar-refractivity contribution in [1.82, 2.24) is 15.0 Å². The van der Waals surface area contributed by atoms with Crippen LogP contribution in [0.2, 0.25) is 5.02 Å². The molecule has 0 aliphatic heterocycles. The second kappa shape index (κ2) is 6.86. The minimum Gasteiger partial charge on any atom is -0.508 e. The number of rotatable bonds is 4. The molecule has 4 rings (SSSR count). The Kier molecular flexibility index (Phi) is 4.37. The third-order valence-electron chi connectivity index (χ3n) is 4.20. The number of carboxylic acids is 1. The maximum Gasteiger partial charge on any atom is 0.336 e. The number of halogens is 1. The normalized spacial score (nSPS) is 10.9. The number of aromatic hydroxyl groups is 1. The van der Waals surface area contributed by atoms with Crippen LogP contribution in [0.15, 0.2) is 48.5 Å². The van der Waals surface area contributed by atoms with Crippen molar-refractivity contribution in [2.45, 2.75) is 6.92 Å². The molecular weight excluding hydrogens is 382 g/mol.